The first-order valence-electron chi connectivity index (χ1n) is 6.75. The molecule has 3 atom stereocenters. The number of nitrogens with zero attached hydrogens (tertiary/aromatic N) is 2. The fourth-order valence-electron chi connectivity index (χ4n) is 4.47. The molecule has 0 radical (unpaired) electrons. The molecule has 18 heavy (non-hydrogen) atoms. The van der Waals surface area contributed by atoms with Gasteiger partial charge in [0.25, 0.3) is 0 Å². The second-order valence-electron chi connectivity index (χ2n) is 6.53. The van der Waals surface area contributed by atoms with Crippen molar-refractivity contribution in [1.82, 2.24) is 9.55 Å². The van der Waals surface area contributed by atoms with Gasteiger partial charge in [-0.3, -0.25) is 4.57 Å². The van der Waals surface area contributed by atoms with Gasteiger partial charge < -0.3 is 5.73 Å². The lowest BCUT2D eigenvalue weighted by molar-refractivity contribution is -0.181. The van der Waals surface area contributed by atoms with Gasteiger partial charge in [-0.25, -0.2) is 4.79 Å². The van der Waals surface area contributed by atoms with Crippen LogP contribution in [0.5, 0.6) is 0 Å². The molecule has 0 aliphatic heterocycles. The molecule has 4 heteroatoms. The van der Waals surface area contributed by atoms with Crippen LogP contribution in [0.1, 0.15) is 40.0 Å². The van der Waals surface area contributed by atoms with Gasteiger partial charge >= 0.3 is 5.69 Å². The first-order valence-corrected chi connectivity index (χ1v) is 6.75. The lowest BCUT2D eigenvalue weighted by atomic mass is 9.41. The summed E-state index contributed by atoms with van der Waals surface area (Å²) in [7, 11) is 0. The number of rotatable bonds is 1. The maximum atomic E-state index is 12.2. The standard InChI is InChI=1S/C14H21N3O/c1-9-4-5-10-8-14(9,13(10,2)3)17-7-6-11(15)16-12(17)18/h6-7,9-10H,4-5,8H2,1-3H3,(H2,15,16,18). The van der Waals surface area contributed by atoms with Crippen LogP contribution in [0.15, 0.2) is 17.1 Å². The average molecular weight is 247 g/mol. The zero-order valence-electron chi connectivity index (χ0n) is 11.3. The van der Waals surface area contributed by atoms with Gasteiger partial charge in [-0.05, 0) is 42.6 Å². The van der Waals surface area contributed by atoms with Crippen molar-refractivity contribution in [2.45, 2.75) is 45.6 Å². The summed E-state index contributed by atoms with van der Waals surface area (Å²) in [6, 6.07) is 1.74. The summed E-state index contributed by atoms with van der Waals surface area (Å²) in [5.74, 6) is 1.56. The summed E-state index contributed by atoms with van der Waals surface area (Å²) in [6.07, 6.45) is 5.43. The Bertz CT molecular complexity index is 548. The third-order valence-electron chi connectivity index (χ3n) is 5.71. The van der Waals surface area contributed by atoms with Crippen LogP contribution in [0.4, 0.5) is 5.82 Å². The molecule has 4 nitrogen and oxygen atoms in total. The molecular formula is C14H21N3O. The van der Waals surface area contributed by atoms with Crippen molar-refractivity contribution >= 4 is 5.82 Å². The average Bonchev–Trinajstić information content (AvgIpc) is 2.29. The van der Waals surface area contributed by atoms with Crippen LogP contribution in [0.2, 0.25) is 0 Å². The number of nitrogen functional groups attached to an aromatic ring is 1. The number of anilines is 1. The minimum atomic E-state index is -0.199. The topological polar surface area (TPSA) is 60.9 Å². The summed E-state index contributed by atoms with van der Waals surface area (Å²) in [4.78, 5) is 16.1. The predicted molar refractivity (Wildman–Crippen MR) is 71.2 cm³/mol. The van der Waals surface area contributed by atoms with E-state index in [0.29, 0.717) is 11.7 Å². The second kappa shape index (κ2) is 3.37. The highest BCUT2D eigenvalue weighted by Crippen LogP contribution is 2.67. The maximum absolute atomic E-state index is 12.2. The molecule has 0 spiro atoms. The fourth-order valence-corrected chi connectivity index (χ4v) is 4.47. The van der Waals surface area contributed by atoms with E-state index in [4.69, 9.17) is 5.73 Å². The van der Waals surface area contributed by atoms with Gasteiger partial charge in [-0.15, -0.1) is 0 Å². The molecule has 1 aromatic heterocycles. The first-order chi connectivity index (χ1) is 8.39. The van der Waals surface area contributed by atoms with E-state index in [9.17, 15) is 4.79 Å². The monoisotopic (exact) mass is 247 g/mol. The highest BCUT2D eigenvalue weighted by atomic mass is 16.1. The van der Waals surface area contributed by atoms with Crippen molar-refractivity contribution in [2.24, 2.45) is 17.3 Å². The number of fused-ring (bicyclic) bond motifs is 2. The van der Waals surface area contributed by atoms with E-state index in [1.165, 1.54) is 12.8 Å². The molecule has 3 unspecified atom stereocenters. The number of nitrogens with two attached hydrogens (primary N) is 1. The zero-order chi connectivity index (χ0) is 13.1. The maximum Gasteiger partial charge on any atom is 0.350 e. The molecule has 3 saturated carbocycles. The van der Waals surface area contributed by atoms with E-state index in [1.54, 1.807) is 6.07 Å². The molecule has 0 saturated heterocycles. The Morgan fingerprint density at radius 2 is 2.17 bits per heavy atom. The van der Waals surface area contributed by atoms with Gasteiger partial charge in [0.2, 0.25) is 0 Å². The van der Waals surface area contributed by atoms with E-state index >= 15 is 0 Å². The summed E-state index contributed by atoms with van der Waals surface area (Å²) >= 11 is 0. The van der Waals surface area contributed by atoms with Crippen LogP contribution in [-0.4, -0.2) is 9.55 Å². The van der Waals surface area contributed by atoms with E-state index in [1.807, 2.05) is 10.8 Å². The SMILES string of the molecule is CC1CCC2CC1(n1ccc(N)nc1=O)C2(C)C. The van der Waals surface area contributed by atoms with Gasteiger partial charge in [0, 0.05) is 6.20 Å². The van der Waals surface area contributed by atoms with Crippen LogP contribution in [0.3, 0.4) is 0 Å². The molecule has 1 heterocycles. The minimum absolute atomic E-state index is 0.0618. The molecular weight excluding hydrogens is 226 g/mol. The summed E-state index contributed by atoms with van der Waals surface area (Å²) in [6.45, 7) is 6.85. The summed E-state index contributed by atoms with van der Waals surface area (Å²) < 4.78 is 1.85. The Morgan fingerprint density at radius 3 is 2.72 bits per heavy atom. The van der Waals surface area contributed by atoms with Crippen molar-refractivity contribution < 1.29 is 0 Å². The van der Waals surface area contributed by atoms with Crippen molar-refractivity contribution in [3.05, 3.63) is 22.7 Å². The van der Waals surface area contributed by atoms with Crippen LogP contribution >= 0.6 is 0 Å². The normalized spacial score (nSPS) is 37.1. The van der Waals surface area contributed by atoms with Crippen molar-refractivity contribution in [3.8, 4) is 0 Å². The third-order valence-corrected chi connectivity index (χ3v) is 5.71. The molecule has 0 amide bonds. The Morgan fingerprint density at radius 1 is 1.44 bits per heavy atom. The van der Waals surface area contributed by atoms with Crippen molar-refractivity contribution in [2.75, 3.05) is 5.73 Å². The largest absolute Gasteiger partial charge is 0.383 e. The Kier molecular flexibility index (Phi) is 2.20. The van der Waals surface area contributed by atoms with Gasteiger partial charge in [-0.1, -0.05) is 20.8 Å². The lowest BCUT2D eigenvalue weighted by Crippen LogP contribution is -2.69. The minimum Gasteiger partial charge on any atom is -0.383 e. The van der Waals surface area contributed by atoms with Crippen molar-refractivity contribution in [1.29, 1.82) is 0 Å². The van der Waals surface area contributed by atoms with Crippen LogP contribution in [-0.2, 0) is 5.54 Å². The van der Waals surface area contributed by atoms with Gasteiger partial charge in [-0.2, -0.15) is 4.98 Å². The lowest BCUT2D eigenvalue weighted by Gasteiger charge is -2.68. The summed E-state index contributed by atoms with van der Waals surface area (Å²) in [5, 5.41) is 0. The highest BCUT2D eigenvalue weighted by molar-refractivity contribution is 5.26. The fraction of sp³-hybridized carbons (Fsp3) is 0.714. The number of hydrogen-bond acceptors (Lipinski definition) is 3. The molecule has 3 aliphatic rings. The molecule has 98 valence electrons. The Labute approximate surface area is 107 Å². The molecule has 3 fully saturated rings. The molecule has 2 N–H and O–H groups in total. The van der Waals surface area contributed by atoms with Gasteiger partial charge in [0.05, 0.1) is 5.54 Å². The molecule has 0 aromatic carbocycles. The summed E-state index contributed by atoms with van der Waals surface area (Å²) in [5.41, 5.74) is 5.50. The van der Waals surface area contributed by atoms with E-state index in [2.05, 4.69) is 25.8 Å². The van der Waals surface area contributed by atoms with E-state index in [0.717, 1.165) is 12.3 Å². The third kappa shape index (κ3) is 1.16. The van der Waals surface area contributed by atoms with Crippen LogP contribution < -0.4 is 11.4 Å². The predicted octanol–water partition coefficient (Wildman–Crippen LogP) is 2.00. The highest BCUT2D eigenvalue weighted by Gasteiger charge is 2.65. The van der Waals surface area contributed by atoms with Crippen molar-refractivity contribution in [3.63, 3.8) is 0 Å². The Balaban J connectivity index is 2.17. The number of aromatic nitrogens is 2. The van der Waals surface area contributed by atoms with E-state index < -0.39 is 0 Å². The van der Waals surface area contributed by atoms with Crippen LogP contribution in [0, 0.1) is 17.3 Å². The Hall–Kier alpha value is -1.32. The van der Waals surface area contributed by atoms with Gasteiger partial charge in [0.15, 0.2) is 0 Å². The molecule has 2 bridgehead atoms. The first kappa shape index (κ1) is 11.8. The van der Waals surface area contributed by atoms with Crippen LogP contribution in [0.25, 0.3) is 0 Å². The smallest absolute Gasteiger partial charge is 0.350 e. The quantitative estimate of drug-likeness (QED) is 0.825. The zero-order valence-corrected chi connectivity index (χ0v) is 11.3. The second-order valence-corrected chi connectivity index (χ2v) is 6.53. The molecule has 1 aromatic rings. The molecule has 3 aliphatic carbocycles. The number of hydrogen-bond donors (Lipinski definition) is 1. The van der Waals surface area contributed by atoms with Gasteiger partial charge in [0.1, 0.15) is 5.82 Å². The van der Waals surface area contributed by atoms with E-state index in [-0.39, 0.29) is 16.6 Å². The molecule has 4 rings (SSSR count).